The minimum atomic E-state index is -0.122. The number of oxime groups is 2. The van der Waals surface area contributed by atoms with Crippen molar-refractivity contribution < 1.29 is 47.8 Å². The number of benzene rings is 2. The smallest absolute Gasteiger partial charge is 0.373 e. The first-order valence-corrected chi connectivity index (χ1v) is 17.4. The SMILES string of the molecule is CCCCOc1ccc([C@@H]2CC(Oc3ccc(C)nc3)=NO2)cc1.CCCCOc1ccc([C@H]2CC(Oc3ccc(C)nc3)=NO2)cc1.O=C=O.O=C=O. The number of ether oxygens (including phenoxy) is 4. The fourth-order valence-corrected chi connectivity index (χ4v) is 4.72. The lowest BCUT2D eigenvalue weighted by molar-refractivity contribution is -0.193. The Morgan fingerprint density at radius 3 is 1.24 bits per heavy atom. The molecule has 0 amide bonds. The molecule has 0 spiro atoms. The quantitative estimate of drug-likeness (QED) is 0.130. The largest absolute Gasteiger partial charge is 0.494 e. The zero-order chi connectivity index (χ0) is 39.0. The number of unbranched alkanes of at least 4 members (excludes halogenated alkanes) is 2. The molecule has 0 aliphatic carbocycles. The van der Waals surface area contributed by atoms with E-state index in [0.29, 0.717) is 36.1 Å². The van der Waals surface area contributed by atoms with Gasteiger partial charge in [0.05, 0.1) is 38.4 Å². The molecule has 0 unspecified atom stereocenters. The van der Waals surface area contributed by atoms with Gasteiger partial charge in [0, 0.05) is 11.4 Å². The Hall–Kier alpha value is -6.36. The molecule has 14 nitrogen and oxygen atoms in total. The van der Waals surface area contributed by atoms with Crippen LogP contribution in [0.1, 0.15) is 87.1 Å². The number of carbonyl (C=O) groups excluding carboxylic acids is 4. The van der Waals surface area contributed by atoms with Gasteiger partial charge in [0.25, 0.3) is 0 Å². The van der Waals surface area contributed by atoms with E-state index in [-0.39, 0.29) is 24.5 Å². The highest BCUT2D eigenvalue weighted by molar-refractivity contribution is 5.80. The molecule has 0 bridgehead atoms. The molecule has 6 rings (SSSR count). The van der Waals surface area contributed by atoms with Gasteiger partial charge in [-0.1, -0.05) is 61.3 Å². The summed E-state index contributed by atoms with van der Waals surface area (Å²) in [5.41, 5.74) is 4.02. The maximum atomic E-state index is 8.12. The monoisotopic (exact) mass is 740 g/mol. The number of nitrogens with zero attached hydrogens (tertiary/aromatic N) is 4. The van der Waals surface area contributed by atoms with Crippen molar-refractivity contribution >= 4 is 24.1 Å². The van der Waals surface area contributed by atoms with Crippen LogP contribution in [-0.2, 0) is 28.9 Å². The van der Waals surface area contributed by atoms with Crippen molar-refractivity contribution in [3.8, 4) is 23.0 Å². The Kier molecular flexibility index (Phi) is 18.7. The molecule has 0 fully saturated rings. The second-order valence-corrected chi connectivity index (χ2v) is 11.7. The van der Waals surface area contributed by atoms with Crippen molar-refractivity contribution in [3.63, 3.8) is 0 Å². The molecule has 14 heteroatoms. The fraction of sp³-hybridized carbons (Fsp3) is 0.350. The van der Waals surface area contributed by atoms with Crippen LogP contribution in [0.5, 0.6) is 23.0 Å². The van der Waals surface area contributed by atoms with Gasteiger partial charge >= 0.3 is 12.3 Å². The molecule has 2 atom stereocenters. The van der Waals surface area contributed by atoms with E-state index in [1.54, 1.807) is 12.4 Å². The molecule has 2 aromatic carbocycles. The molecular weight excluding hydrogens is 696 g/mol. The summed E-state index contributed by atoms with van der Waals surface area (Å²) in [4.78, 5) is 51.9. The summed E-state index contributed by atoms with van der Waals surface area (Å²) < 4.78 is 22.8. The van der Waals surface area contributed by atoms with Gasteiger partial charge in [-0.05, 0) is 86.3 Å². The second kappa shape index (κ2) is 24.0. The Morgan fingerprint density at radius 2 is 0.926 bits per heavy atom. The van der Waals surface area contributed by atoms with Crippen LogP contribution in [0.25, 0.3) is 0 Å². The van der Waals surface area contributed by atoms with Crippen molar-refractivity contribution in [2.75, 3.05) is 13.2 Å². The number of rotatable bonds is 12. The summed E-state index contributed by atoms with van der Waals surface area (Å²) in [6.45, 7) is 9.67. The zero-order valence-electron chi connectivity index (χ0n) is 30.8. The maximum Gasteiger partial charge on any atom is 0.373 e. The van der Waals surface area contributed by atoms with Crippen molar-refractivity contribution in [1.29, 1.82) is 0 Å². The minimum Gasteiger partial charge on any atom is -0.494 e. The lowest BCUT2D eigenvalue weighted by Crippen LogP contribution is -2.07. The molecule has 0 radical (unpaired) electrons. The number of hydrogen-bond donors (Lipinski definition) is 0. The first kappa shape index (κ1) is 42.1. The molecule has 284 valence electrons. The molecule has 54 heavy (non-hydrogen) atoms. The molecule has 4 heterocycles. The Labute approximate surface area is 314 Å². The van der Waals surface area contributed by atoms with E-state index < -0.39 is 0 Å². The van der Waals surface area contributed by atoms with E-state index in [1.807, 2.05) is 86.6 Å². The third-order valence-corrected chi connectivity index (χ3v) is 7.56. The second-order valence-electron chi connectivity index (χ2n) is 11.7. The van der Waals surface area contributed by atoms with Gasteiger partial charge in [-0.15, -0.1) is 0 Å². The van der Waals surface area contributed by atoms with Crippen molar-refractivity contribution in [2.45, 2.75) is 78.4 Å². The highest BCUT2D eigenvalue weighted by Crippen LogP contribution is 2.31. The van der Waals surface area contributed by atoms with Gasteiger partial charge < -0.3 is 28.6 Å². The van der Waals surface area contributed by atoms with Crippen LogP contribution in [0.3, 0.4) is 0 Å². The summed E-state index contributed by atoms with van der Waals surface area (Å²) in [5, 5.41) is 8.06. The van der Waals surface area contributed by atoms with Gasteiger partial charge in [0.15, 0.2) is 12.2 Å². The molecule has 2 aromatic heterocycles. The third-order valence-electron chi connectivity index (χ3n) is 7.56. The van der Waals surface area contributed by atoms with E-state index >= 15 is 0 Å². The van der Waals surface area contributed by atoms with Crippen LogP contribution in [0.4, 0.5) is 0 Å². The Bertz CT molecular complexity index is 1670. The van der Waals surface area contributed by atoms with E-state index in [0.717, 1.165) is 72.9 Å². The predicted molar refractivity (Wildman–Crippen MR) is 195 cm³/mol. The minimum absolute atomic E-state index is 0.122. The van der Waals surface area contributed by atoms with Crippen molar-refractivity contribution in [2.24, 2.45) is 10.3 Å². The van der Waals surface area contributed by atoms with Crippen LogP contribution < -0.4 is 18.9 Å². The van der Waals surface area contributed by atoms with Crippen LogP contribution in [0, 0.1) is 13.8 Å². The number of aryl methyl sites for hydroxylation is 2. The molecular formula is C40H44N4O10. The summed E-state index contributed by atoms with van der Waals surface area (Å²) in [6.07, 6.45) is 9.22. The van der Waals surface area contributed by atoms with Gasteiger partial charge in [-0.25, -0.2) is 0 Å². The fourth-order valence-electron chi connectivity index (χ4n) is 4.72. The maximum absolute atomic E-state index is 8.12. The van der Waals surface area contributed by atoms with E-state index in [9.17, 15) is 0 Å². The lowest BCUT2D eigenvalue weighted by Gasteiger charge is -2.10. The van der Waals surface area contributed by atoms with Gasteiger partial charge in [0.1, 0.15) is 23.0 Å². The average Bonchev–Trinajstić information content (AvgIpc) is 3.85. The standard InChI is InChI=1S/2C19H22N2O3.2CO2/c2*1-3-4-11-22-16-9-6-15(7-10-16)18-12-19(21-24-18)23-17-8-5-14(2)20-13-17;2*2-1-3/h2*5-10,13,18H,3-4,11-12H2,1-2H3;;/t2*18-;;/m10../s1. The average molecular weight is 741 g/mol. The number of pyridine rings is 2. The summed E-state index contributed by atoms with van der Waals surface area (Å²) in [7, 11) is 0. The van der Waals surface area contributed by atoms with Crippen LogP contribution in [0.15, 0.2) is 95.5 Å². The highest BCUT2D eigenvalue weighted by Gasteiger charge is 2.26. The van der Waals surface area contributed by atoms with Crippen LogP contribution >= 0.6 is 0 Å². The van der Waals surface area contributed by atoms with Crippen LogP contribution in [-0.4, -0.2) is 47.3 Å². The lowest BCUT2D eigenvalue weighted by atomic mass is 10.1. The van der Waals surface area contributed by atoms with Crippen molar-refractivity contribution in [3.05, 3.63) is 108 Å². The van der Waals surface area contributed by atoms with Crippen LogP contribution in [0.2, 0.25) is 0 Å². The van der Waals surface area contributed by atoms with E-state index in [1.165, 1.54) is 0 Å². The van der Waals surface area contributed by atoms with E-state index in [4.69, 9.17) is 47.8 Å². The first-order chi connectivity index (χ1) is 26.3. The van der Waals surface area contributed by atoms with Gasteiger partial charge in [0.2, 0.25) is 11.8 Å². The predicted octanol–water partition coefficient (Wildman–Crippen LogP) is 7.68. The summed E-state index contributed by atoms with van der Waals surface area (Å²) in [6, 6.07) is 23.5. The van der Waals surface area contributed by atoms with E-state index in [2.05, 4.69) is 34.1 Å². The Morgan fingerprint density at radius 1 is 0.574 bits per heavy atom. The highest BCUT2D eigenvalue weighted by atomic mass is 16.7. The molecule has 0 saturated heterocycles. The zero-order valence-corrected chi connectivity index (χ0v) is 30.8. The number of aromatic nitrogens is 2. The molecule has 0 N–H and O–H groups in total. The van der Waals surface area contributed by atoms with Gasteiger partial charge in [-0.2, -0.15) is 19.2 Å². The summed E-state index contributed by atoms with van der Waals surface area (Å²) in [5.74, 6) is 4.23. The molecule has 4 aromatic rings. The molecule has 0 saturated carbocycles. The summed E-state index contributed by atoms with van der Waals surface area (Å²) >= 11 is 0. The van der Waals surface area contributed by atoms with Gasteiger partial charge in [-0.3, -0.25) is 9.97 Å². The molecule has 2 aliphatic rings. The topological polar surface area (TPSA) is 174 Å². The normalized spacial score (nSPS) is 14.9. The first-order valence-electron chi connectivity index (χ1n) is 17.4. The Balaban J connectivity index is 0.000000254. The van der Waals surface area contributed by atoms with Crippen molar-refractivity contribution in [1.82, 2.24) is 9.97 Å². The molecule has 2 aliphatic heterocycles. The third kappa shape index (κ3) is 15.1. The number of hydrogen-bond acceptors (Lipinski definition) is 14.